The number of carbonyl (C=O) groups excluding carboxylic acids is 1. The lowest BCUT2D eigenvalue weighted by atomic mass is 10.1. The number of rotatable bonds is 5. The normalized spacial score (nSPS) is 25.3. The van der Waals surface area contributed by atoms with Crippen LogP contribution in [0.2, 0.25) is 0 Å². The van der Waals surface area contributed by atoms with E-state index in [9.17, 15) is 4.79 Å². The van der Waals surface area contributed by atoms with Gasteiger partial charge in [0.05, 0.1) is 23.6 Å². The van der Waals surface area contributed by atoms with Gasteiger partial charge in [0.2, 0.25) is 0 Å². The maximum atomic E-state index is 12.8. The Labute approximate surface area is 147 Å². The van der Waals surface area contributed by atoms with E-state index in [-0.39, 0.29) is 17.9 Å². The monoisotopic (exact) mass is 340 g/mol. The first-order chi connectivity index (χ1) is 12.1. The van der Waals surface area contributed by atoms with E-state index in [1.165, 1.54) is 0 Å². The van der Waals surface area contributed by atoms with Crippen molar-refractivity contribution >= 4 is 5.91 Å². The molecule has 0 aromatic carbocycles. The molecule has 1 N–H and O–H groups in total. The van der Waals surface area contributed by atoms with Gasteiger partial charge in [-0.3, -0.25) is 4.79 Å². The van der Waals surface area contributed by atoms with Crippen molar-refractivity contribution in [3.8, 4) is 5.82 Å². The number of hydrogen-bond acceptors (Lipinski definition) is 4. The quantitative estimate of drug-likeness (QED) is 0.908. The molecule has 1 unspecified atom stereocenters. The highest BCUT2D eigenvalue weighted by Crippen LogP contribution is 2.39. The van der Waals surface area contributed by atoms with Crippen LogP contribution in [-0.2, 0) is 4.74 Å². The van der Waals surface area contributed by atoms with Crippen molar-refractivity contribution in [2.75, 3.05) is 6.61 Å². The number of aromatic nitrogens is 3. The molecule has 2 aromatic rings. The van der Waals surface area contributed by atoms with Crippen LogP contribution in [0.3, 0.4) is 0 Å². The third kappa shape index (κ3) is 3.18. The molecule has 0 radical (unpaired) electrons. The minimum Gasteiger partial charge on any atom is -0.378 e. The molecule has 1 aliphatic heterocycles. The number of carbonyl (C=O) groups is 1. The maximum Gasteiger partial charge on any atom is 0.255 e. The van der Waals surface area contributed by atoms with Crippen LogP contribution in [0.4, 0.5) is 0 Å². The predicted molar refractivity (Wildman–Crippen MR) is 93.8 cm³/mol. The summed E-state index contributed by atoms with van der Waals surface area (Å²) in [5.74, 6) is 1.32. The summed E-state index contributed by atoms with van der Waals surface area (Å²) in [4.78, 5) is 17.2. The molecule has 3 atom stereocenters. The third-order valence-electron chi connectivity index (χ3n) is 5.06. The van der Waals surface area contributed by atoms with Crippen molar-refractivity contribution in [1.29, 1.82) is 0 Å². The zero-order chi connectivity index (χ0) is 17.4. The van der Waals surface area contributed by atoms with Crippen molar-refractivity contribution < 1.29 is 9.53 Å². The molecule has 2 aliphatic rings. The standard InChI is InChI=1S/C19H24N4O2/c1-12(2)18-14(11-21-23(18)17-7-3-4-8-20-17)19(24)22-15-10-13(15)16-6-5-9-25-16/h3-4,7-8,11-13,15-16H,5-6,9-10H2,1-2H3,(H,22,24)/t13-,15-,16?/m1/s1. The molecule has 6 heteroatoms. The van der Waals surface area contributed by atoms with E-state index in [4.69, 9.17) is 4.74 Å². The molecule has 132 valence electrons. The number of hydrogen-bond donors (Lipinski definition) is 1. The Balaban J connectivity index is 1.52. The van der Waals surface area contributed by atoms with E-state index < -0.39 is 0 Å². The van der Waals surface area contributed by atoms with Gasteiger partial charge in [0, 0.05) is 24.8 Å². The Morgan fingerprint density at radius 3 is 2.96 bits per heavy atom. The molecule has 0 bridgehead atoms. The zero-order valence-corrected chi connectivity index (χ0v) is 14.7. The second-order valence-corrected chi connectivity index (χ2v) is 7.23. The summed E-state index contributed by atoms with van der Waals surface area (Å²) in [6.45, 7) is 5.00. The highest BCUT2D eigenvalue weighted by atomic mass is 16.5. The molecule has 3 heterocycles. The smallest absolute Gasteiger partial charge is 0.255 e. The fourth-order valence-electron chi connectivity index (χ4n) is 3.73. The van der Waals surface area contributed by atoms with E-state index in [2.05, 4.69) is 29.2 Å². The van der Waals surface area contributed by atoms with Crippen molar-refractivity contribution in [2.45, 2.75) is 51.2 Å². The molecule has 1 aliphatic carbocycles. The minimum absolute atomic E-state index is 0.0450. The van der Waals surface area contributed by atoms with Gasteiger partial charge >= 0.3 is 0 Å². The molecule has 2 fully saturated rings. The summed E-state index contributed by atoms with van der Waals surface area (Å²) in [5.41, 5.74) is 1.53. The van der Waals surface area contributed by atoms with Crippen LogP contribution < -0.4 is 5.32 Å². The summed E-state index contributed by atoms with van der Waals surface area (Å²) in [7, 11) is 0. The van der Waals surface area contributed by atoms with Gasteiger partial charge < -0.3 is 10.1 Å². The van der Waals surface area contributed by atoms with Crippen molar-refractivity contribution in [3.63, 3.8) is 0 Å². The topological polar surface area (TPSA) is 69.0 Å². The fraction of sp³-hybridized carbons (Fsp3) is 0.526. The first kappa shape index (κ1) is 16.3. The van der Waals surface area contributed by atoms with Gasteiger partial charge in [0.25, 0.3) is 5.91 Å². The van der Waals surface area contributed by atoms with E-state index in [0.29, 0.717) is 17.6 Å². The first-order valence-corrected chi connectivity index (χ1v) is 9.07. The molecular formula is C19H24N4O2. The number of nitrogens with one attached hydrogen (secondary N) is 1. The Hall–Kier alpha value is -2.21. The SMILES string of the molecule is CC(C)c1c(C(=O)N[C@@H]2C[C@H]2C2CCCO2)cnn1-c1ccccn1. The highest BCUT2D eigenvalue weighted by Gasteiger charge is 2.45. The third-order valence-corrected chi connectivity index (χ3v) is 5.06. The predicted octanol–water partition coefficient (Wildman–Crippen LogP) is 2.69. The van der Waals surface area contributed by atoms with Crippen molar-refractivity contribution in [3.05, 3.63) is 41.9 Å². The van der Waals surface area contributed by atoms with E-state index in [1.54, 1.807) is 17.1 Å². The molecule has 1 saturated heterocycles. The summed E-state index contributed by atoms with van der Waals surface area (Å²) in [5, 5.41) is 7.59. The average Bonchev–Trinajstić information content (AvgIpc) is 3.06. The second kappa shape index (κ2) is 6.59. The van der Waals surface area contributed by atoms with Gasteiger partial charge in [-0.15, -0.1) is 0 Å². The van der Waals surface area contributed by atoms with Gasteiger partial charge in [-0.1, -0.05) is 19.9 Å². The first-order valence-electron chi connectivity index (χ1n) is 9.07. The maximum absolute atomic E-state index is 12.8. The Bertz CT molecular complexity index is 750. The molecular weight excluding hydrogens is 316 g/mol. The second-order valence-electron chi connectivity index (χ2n) is 7.23. The molecule has 4 rings (SSSR count). The molecule has 6 nitrogen and oxygen atoms in total. The molecule has 25 heavy (non-hydrogen) atoms. The van der Waals surface area contributed by atoms with Crippen LogP contribution in [-0.4, -0.2) is 39.4 Å². The van der Waals surface area contributed by atoms with E-state index >= 15 is 0 Å². The van der Waals surface area contributed by atoms with Gasteiger partial charge in [0.15, 0.2) is 5.82 Å². The molecule has 1 saturated carbocycles. The lowest BCUT2D eigenvalue weighted by Crippen LogP contribution is -2.29. The number of amides is 1. The van der Waals surface area contributed by atoms with Crippen molar-refractivity contribution in [2.24, 2.45) is 5.92 Å². The molecule has 1 amide bonds. The molecule has 0 spiro atoms. The van der Waals surface area contributed by atoms with Crippen LogP contribution in [0.25, 0.3) is 5.82 Å². The molecule has 2 aromatic heterocycles. The fourth-order valence-corrected chi connectivity index (χ4v) is 3.73. The van der Waals surface area contributed by atoms with Crippen LogP contribution in [0.1, 0.15) is 55.1 Å². The van der Waals surface area contributed by atoms with E-state index in [0.717, 1.165) is 37.4 Å². The number of pyridine rings is 1. The summed E-state index contributed by atoms with van der Waals surface area (Å²) in [6.07, 6.45) is 6.98. The Morgan fingerprint density at radius 2 is 2.28 bits per heavy atom. The minimum atomic E-state index is -0.0450. The van der Waals surface area contributed by atoms with Crippen LogP contribution in [0.5, 0.6) is 0 Å². The summed E-state index contributed by atoms with van der Waals surface area (Å²) in [6, 6.07) is 5.92. The zero-order valence-electron chi connectivity index (χ0n) is 14.7. The summed E-state index contributed by atoms with van der Waals surface area (Å²) < 4.78 is 7.51. The highest BCUT2D eigenvalue weighted by molar-refractivity contribution is 5.95. The van der Waals surface area contributed by atoms with Gasteiger partial charge in [0.1, 0.15) is 0 Å². The average molecular weight is 340 g/mol. The number of nitrogens with zero attached hydrogens (tertiary/aromatic N) is 3. The Morgan fingerprint density at radius 1 is 1.40 bits per heavy atom. The van der Waals surface area contributed by atoms with Crippen molar-refractivity contribution in [1.82, 2.24) is 20.1 Å². The van der Waals surface area contributed by atoms with Crippen LogP contribution >= 0.6 is 0 Å². The largest absolute Gasteiger partial charge is 0.378 e. The summed E-state index contributed by atoms with van der Waals surface area (Å²) >= 11 is 0. The number of ether oxygens (including phenoxy) is 1. The van der Waals surface area contributed by atoms with E-state index in [1.807, 2.05) is 18.2 Å². The van der Waals surface area contributed by atoms with Gasteiger partial charge in [-0.05, 0) is 37.3 Å². The van der Waals surface area contributed by atoms with Gasteiger partial charge in [-0.2, -0.15) is 5.10 Å². The van der Waals surface area contributed by atoms with Crippen LogP contribution in [0.15, 0.2) is 30.6 Å². The lowest BCUT2D eigenvalue weighted by molar-refractivity contribution is 0.0865. The van der Waals surface area contributed by atoms with Gasteiger partial charge in [-0.25, -0.2) is 9.67 Å². The van der Waals surface area contributed by atoms with Crippen LogP contribution in [0, 0.1) is 5.92 Å². The lowest BCUT2D eigenvalue weighted by Gasteiger charge is -2.13. The Kier molecular flexibility index (Phi) is 4.29.